The zero-order valence-electron chi connectivity index (χ0n) is 17.1. The van der Waals surface area contributed by atoms with Gasteiger partial charge in [-0.2, -0.15) is 17.6 Å². The van der Waals surface area contributed by atoms with Crippen LogP contribution in [0.2, 0.25) is 0 Å². The van der Waals surface area contributed by atoms with Crippen molar-refractivity contribution in [2.75, 3.05) is 13.2 Å². The number of rotatable bonds is 7. The molecule has 1 N–H and O–H groups in total. The maximum Gasteiger partial charge on any atom is 0.294 e. The molecule has 4 rings (SSSR count). The number of hydrogen-bond donors (Lipinski definition) is 1. The van der Waals surface area contributed by atoms with Crippen molar-refractivity contribution in [2.24, 2.45) is 0 Å². The number of carbonyl (C=O) groups excluding carboxylic acids is 1. The second-order valence-corrected chi connectivity index (χ2v) is 10.1. The molecular formula is C20H22N4O5S2. The van der Waals surface area contributed by atoms with Crippen molar-refractivity contribution in [3.8, 4) is 5.19 Å². The van der Waals surface area contributed by atoms with Crippen LogP contribution in [0.15, 0.2) is 40.7 Å². The summed E-state index contributed by atoms with van der Waals surface area (Å²) in [7, 11) is -3.91. The first-order chi connectivity index (χ1) is 14.8. The molecule has 0 unspecified atom stereocenters. The Morgan fingerprint density at radius 3 is 2.68 bits per heavy atom. The minimum absolute atomic E-state index is 0.0782. The SMILES string of the molecule is CCOc1nc(C)c(S(=O)(=O)n2cc3c(n2)CN(C(=O)[C@H](CO)c2ccccc2)C3)s1. The largest absolute Gasteiger partial charge is 0.470 e. The average Bonchev–Trinajstić information content (AvgIpc) is 3.43. The standard InChI is InChI=1S/C20H22N4O5S2/c1-3-29-20-21-13(2)19(30-20)31(27,28)24-10-15-9-23(11-17(15)22-24)18(26)16(12-25)14-7-5-4-6-8-14/h4-8,10,16,25H,3,9,11-12H2,1-2H3/t16-/m1/s1. The molecule has 1 aliphatic heterocycles. The van der Waals surface area contributed by atoms with Crippen LogP contribution < -0.4 is 4.74 Å². The zero-order valence-corrected chi connectivity index (χ0v) is 18.7. The van der Waals surface area contributed by atoms with Crippen molar-refractivity contribution >= 4 is 27.3 Å². The number of fused-ring (bicyclic) bond motifs is 1. The Bertz CT molecular complexity index is 1180. The topological polar surface area (TPSA) is 115 Å². The quantitative estimate of drug-likeness (QED) is 0.570. The third-order valence-corrected chi connectivity index (χ3v) is 8.23. The molecule has 2 aromatic heterocycles. The number of aliphatic hydroxyl groups is 1. The van der Waals surface area contributed by atoms with Crippen LogP contribution in [0.3, 0.4) is 0 Å². The lowest BCUT2D eigenvalue weighted by atomic mass is 9.98. The Kier molecular flexibility index (Phi) is 5.82. The number of benzene rings is 1. The number of nitrogens with zero attached hydrogens (tertiary/aromatic N) is 4. The fraction of sp³-hybridized carbons (Fsp3) is 0.350. The second-order valence-electron chi connectivity index (χ2n) is 7.10. The van der Waals surface area contributed by atoms with Gasteiger partial charge in [0.1, 0.15) is 0 Å². The van der Waals surface area contributed by atoms with Crippen LogP contribution in [-0.2, 0) is 27.9 Å². The fourth-order valence-electron chi connectivity index (χ4n) is 3.51. The summed E-state index contributed by atoms with van der Waals surface area (Å²) in [4.78, 5) is 18.7. The molecular weight excluding hydrogens is 440 g/mol. The molecule has 3 aromatic rings. The highest BCUT2D eigenvalue weighted by molar-refractivity contribution is 7.92. The summed E-state index contributed by atoms with van der Waals surface area (Å²) in [5.74, 6) is -0.890. The summed E-state index contributed by atoms with van der Waals surface area (Å²) >= 11 is 0.962. The predicted octanol–water partition coefficient (Wildman–Crippen LogP) is 1.90. The lowest BCUT2D eigenvalue weighted by Crippen LogP contribution is -2.33. The molecule has 9 nitrogen and oxygen atoms in total. The monoisotopic (exact) mass is 462 g/mol. The molecule has 1 amide bonds. The predicted molar refractivity (Wildman–Crippen MR) is 113 cm³/mol. The molecule has 0 saturated heterocycles. The number of ether oxygens (including phenoxy) is 1. The highest BCUT2D eigenvalue weighted by atomic mass is 32.2. The highest BCUT2D eigenvalue weighted by Crippen LogP contribution is 2.32. The molecule has 1 aliphatic rings. The van der Waals surface area contributed by atoms with E-state index in [1.807, 2.05) is 18.2 Å². The molecule has 1 aromatic carbocycles. The van der Waals surface area contributed by atoms with Gasteiger partial charge in [-0.05, 0) is 19.4 Å². The number of thiazole rings is 1. The zero-order chi connectivity index (χ0) is 22.2. The van der Waals surface area contributed by atoms with Crippen LogP contribution in [0.1, 0.15) is 35.4 Å². The van der Waals surface area contributed by atoms with Gasteiger partial charge in [-0.1, -0.05) is 41.7 Å². The summed E-state index contributed by atoms with van der Waals surface area (Å²) in [6.07, 6.45) is 1.44. The summed E-state index contributed by atoms with van der Waals surface area (Å²) in [6.45, 7) is 3.92. The van der Waals surface area contributed by atoms with Gasteiger partial charge in [0.15, 0.2) is 4.21 Å². The van der Waals surface area contributed by atoms with E-state index in [0.29, 0.717) is 28.8 Å². The minimum atomic E-state index is -3.91. The van der Waals surface area contributed by atoms with Crippen molar-refractivity contribution in [1.29, 1.82) is 0 Å². The van der Waals surface area contributed by atoms with Gasteiger partial charge in [-0.3, -0.25) is 4.79 Å². The lowest BCUT2D eigenvalue weighted by molar-refractivity contribution is -0.134. The number of aliphatic hydroxyl groups excluding tert-OH is 1. The van der Waals surface area contributed by atoms with Crippen LogP contribution in [0, 0.1) is 6.92 Å². The molecule has 31 heavy (non-hydrogen) atoms. The van der Waals surface area contributed by atoms with Gasteiger partial charge >= 0.3 is 0 Å². The third-order valence-electron chi connectivity index (χ3n) is 5.04. The molecule has 0 saturated carbocycles. The van der Waals surface area contributed by atoms with Crippen molar-refractivity contribution < 1.29 is 23.1 Å². The van der Waals surface area contributed by atoms with E-state index in [4.69, 9.17) is 4.74 Å². The molecule has 0 bridgehead atoms. The van der Waals surface area contributed by atoms with Gasteiger partial charge in [0.25, 0.3) is 15.2 Å². The molecule has 164 valence electrons. The van der Waals surface area contributed by atoms with Crippen molar-refractivity contribution in [2.45, 2.75) is 37.1 Å². The molecule has 0 spiro atoms. The molecule has 11 heteroatoms. The smallest absolute Gasteiger partial charge is 0.294 e. The van der Waals surface area contributed by atoms with Gasteiger partial charge in [-0.25, -0.2) is 4.98 Å². The first-order valence-electron chi connectivity index (χ1n) is 9.73. The van der Waals surface area contributed by atoms with Crippen molar-refractivity contribution in [3.05, 3.63) is 59.0 Å². The first kappa shape index (κ1) is 21.5. The van der Waals surface area contributed by atoms with Crippen LogP contribution in [0.5, 0.6) is 5.19 Å². The number of aromatic nitrogens is 3. The number of amides is 1. The maximum absolute atomic E-state index is 13.0. The van der Waals surface area contributed by atoms with Gasteiger partial charge < -0.3 is 14.7 Å². The van der Waals surface area contributed by atoms with Crippen LogP contribution in [-0.4, -0.2) is 51.7 Å². The van der Waals surface area contributed by atoms with Crippen molar-refractivity contribution in [3.63, 3.8) is 0 Å². The Balaban J connectivity index is 1.54. The molecule has 0 aliphatic carbocycles. The highest BCUT2D eigenvalue weighted by Gasteiger charge is 2.34. The van der Waals surface area contributed by atoms with E-state index in [9.17, 15) is 18.3 Å². The maximum atomic E-state index is 13.0. The second kappa shape index (κ2) is 8.40. The van der Waals surface area contributed by atoms with Crippen molar-refractivity contribution in [1.82, 2.24) is 19.1 Å². The van der Waals surface area contributed by atoms with Crippen LogP contribution >= 0.6 is 11.3 Å². The Morgan fingerprint density at radius 1 is 1.29 bits per heavy atom. The molecule has 0 radical (unpaired) electrons. The van der Waals surface area contributed by atoms with Gasteiger partial charge in [0.2, 0.25) is 5.91 Å². The number of carbonyl (C=O) groups is 1. The van der Waals surface area contributed by atoms with Crippen LogP contribution in [0.25, 0.3) is 0 Å². The Labute approximate surface area is 184 Å². The average molecular weight is 463 g/mol. The van der Waals surface area contributed by atoms with E-state index >= 15 is 0 Å². The Morgan fingerprint density at radius 2 is 2.03 bits per heavy atom. The summed E-state index contributed by atoms with van der Waals surface area (Å²) in [5, 5.41) is 14.3. The van der Waals surface area contributed by atoms with E-state index in [-0.39, 0.29) is 29.8 Å². The van der Waals surface area contributed by atoms with E-state index in [2.05, 4.69) is 10.1 Å². The van der Waals surface area contributed by atoms with Gasteiger partial charge in [0, 0.05) is 18.3 Å². The van der Waals surface area contributed by atoms with E-state index in [0.717, 1.165) is 21.0 Å². The summed E-state index contributed by atoms with van der Waals surface area (Å²) in [6, 6.07) is 9.08. The molecule has 3 heterocycles. The van der Waals surface area contributed by atoms with Gasteiger partial charge in [-0.15, -0.1) is 0 Å². The lowest BCUT2D eigenvalue weighted by Gasteiger charge is -2.22. The summed E-state index contributed by atoms with van der Waals surface area (Å²) in [5.41, 5.74) is 2.27. The van der Waals surface area contributed by atoms with E-state index in [1.165, 1.54) is 6.20 Å². The molecule has 0 fully saturated rings. The van der Waals surface area contributed by atoms with Crippen LogP contribution in [0.4, 0.5) is 0 Å². The van der Waals surface area contributed by atoms with Gasteiger partial charge in [0.05, 0.1) is 37.1 Å². The number of hydrogen-bond acceptors (Lipinski definition) is 8. The minimum Gasteiger partial charge on any atom is -0.470 e. The molecule has 1 atom stereocenters. The summed E-state index contributed by atoms with van der Waals surface area (Å²) < 4.78 is 32.4. The number of aryl methyl sites for hydroxylation is 1. The van der Waals surface area contributed by atoms with E-state index in [1.54, 1.807) is 30.9 Å². The fourth-order valence-corrected chi connectivity index (χ4v) is 6.14. The normalized spacial score (nSPS) is 14.5. The third kappa shape index (κ3) is 3.95. The Hall–Kier alpha value is -2.76. The first-order valence-corrected chi connectivity index (χ1v) is 12.0. The van der Waals surface area contributed by atoms with E-state index < -0.39 is 15.9 Å².